The lowest BCUT2D eigenvalue weighted by Gasteiger charge is -2.49. The second-order valence-electron chi connectivity index (χ2n) is 7.22. The molecule has 3 fully saturated rings. The van der Waals surface area contributed by atoms with E-state index in [1.807, 2.05) is 0 Å². The fraction of sp³-hybridized carbons (Fsp3) is 0.632. The molecule has 0 atom stereocenters. The smallest absolute Gasteiger partial charge is 0.430 e. The Labute approximate surface area is 152 Å². The first-order chi connectivity index (χ1) is 12.2. The number of quaternary nitrogens is 1. The summed E-state index contributed by atoms with van der Waals surface area (Å²) >= 11 is 0. The fourth-order valence-corrected chi connectivity index (χ4v) is 3.77. The van der Waals surface area contributed by atoms with Crippen molar-refractivity contribution >= 4 is 5.97 Å². The monoisotopic (exact) mass is 373 g/mol. The van der Waals surface area contributed by atoms with E-state index in [4.69, 9.17) is 14.6 Å². The summed E-state index contributed by atoms with van der Waals surface area (Å²) < 4.78 is 38.9. The van der Waals surface area contributed by atoms with Gasteiger partial charge in [-0.1, -0.05) is 18.2 Å². The number of carbonyl (C=O) groups is 1. The Hall–Kier alpha value is -1.76. The standard InChI is InChI=1S/C17H26NO.C2HF3O2/c1-15-5-2-3-6-17(15)19-14-4-10-18-11-7-16(8-12-18)9-13-18;3-2(4,5)1(6)7/h2-3,5-6,16H,4,7-14H2,1H3;(H,6,7)/q+1;/p-1. The van der Waals surface area contributed by atoms with Crippen molar-refractivity contribution in [2.75, 3.05) is 32.8 Å². The third kappa shape index (κ3) is 5.90. The average molecular weight is 373 g/mol. The molecule has 1 aromatic rings. The number of aryl methyl sites for hydroxylation is 1. The second-order valence-corrected chi connectivity index (χ2v) is 7.22. The number of halogens is 3. The molecule has 0 amide bonds. The number of carboxylic acids is 1. The predicted molar refractivity (Wildman–Crippen MR) is 89.4 cm³/mol. The molecule has 0 aromatic heterocycles. The number of aliphatic carboxylic acids is 1. The summed E-state index contributed by atoms with van der Waals surface area (Å²) in [7, 11) is 0. The summed E-state index contributed by atoms with van der Waals surface area (Å²) in [5.41, 5.74) is 1.24. The molecule has 146 valence electrons. The van der Waals surface area contributed by atoms with Crippen molar-refractivity contribution in [3.8, 4) is 5.75 Å². The molecule has 3 heterocycles. The van der Waals surface area contributed by atoms with Gasteiger partial charge in [-0.15, -0.1) is 0 Å². The van der Waals surface area contributed by atoms with Crippen LogP contribution in [0, 0.1) is 12.8 Å². The number of piperidine rings is 3. The first-order valence-corrected chi connectivity index (χ1v) is 9.04. The van der Waals surface area contributed by atoms with Crippen LogP contribution in [0.1, 0.15) is 31.2 Å². The lowest BCUT2D eigenvalue weighted by molar-refractivity contribution is -0.942. The number of nitrogens with zero attached hydrogens (tertiary/aromatic N) is 1. The van der Waals surface area contributed by atoms with Crippen LogP contribution in [0.3, 0.4) is 0 Å². The minimum absolute atomic E-state index is 0.869. The number of rotatable bonds is 5. The van der Waals surface area contributed by atoms with Gasteiger partial charge in [-0.3, -0.25) is 0 Å². The maximum absolute atomic E-state index is 10.5. The molecule has 26 heavy (non-hydrogen) atoms. The zero-order chi connectivity index (χ0) is 19.2. The van der Waals surface area contributed by atoms with Gasteiger partial charge < -0.3 is 19.1 Å². The third-order valence-corrected chi connectivity index (χ3v) is 5.39. The van der Waals surface area contributed by atoms with Crippen molar-refractivity contribution in [3.05, 3.63) is 29.8 Å². The zero-order valence-electron chi connectivity index (χ0n) is 15.1. The maximum Gasteiger partial charge on any atom is 0.430 e. The van der Waals surface area contributed by atoms with E-state index < -0.39 is 12.1 Å². The minimum Gasteiger partial charge on any atom is -0.542 e. The van der Waals surface area contributed by atoms with Crippen LogP contribution >= 0.6 is 0 Å². The van der Waals surface area contributed by atoms with Crippen LogP contribution in [0.5, 0.6) is 5.75 Å². The van der Waals surface area contributed by atoms with Crippen molar-refractivity contribution in [2.24, 2.45) is 5.92 Å². The van der Waals surface area contributed by atoms with Gasteiger partial charge in [-0.05, 0) is 43.7 Å². The molecule has 1 aromatic carbocycles. The number of para-hydroxylation sites is 1. The Balaban J connectivity index is 0.000000298. The number of hydrogen-bond acceptors (Lipinski definition) is 3. The molecule has 0 aliphatic carbocycles. The van der Waals surface area contributed by atoms with E-state index in [0.717, 1.165) is 18.3 Å². The molecule has 0 unspecified atom stereocenters. The molecule has 0 radical (unpaired) electrons. The van der Waals surface area contributed by atoms with Crippen molar-refractivity contribution in [1.29, 1.82) is 0 Å². The average Bonchev–Trinajstić information content (AvgIpc) is 2.61. The molecule has 3 aliphatic rings. The van der Waals surface area contributed by atoms with E-state index in [2.05, 4.69) is 31.2 Å². The van der Waals surface area contributed by atoms with Crippen molar-refractivity contribution in [2.45, 2.75) is 38.8 Å². The summed E-state index contributed by atoms with van der Waals surface area (Å²) in [4.78, 5) is 8.78. The van der Waals surface area contributed by atoms with Gasteiger partial charge in [-0.25, -0.2) is 0 Å². The molecular weight excluding hydrogens is 347 g/mol. The Morgan fingerprint density at radius 1 is 1.19 bits per heavy atom. The molecule has 4 nitrogen and oxygen atoms in total. The minimum atomic E-state index is -5.19. The second kappa shape index (κ2) is 8.75. The highest BCUT2D eigenvalue weighted by Crippen LogP contribution is 2.33. The van der Waals surface area contributed by atoms with Gasteiger partial charge in [0, 0.05) is 6.42 Å². The highest BCUT2D eigenvalue weighted by atomic mass is 19.4. The van der Waals surface area contributed by atoms with Gasteiger partial charge in [0.2, 0.25) is 0 Å². The highest BCUT2D eigenvalue weighted by Gasteiger charge is 2.38. The Kier molecular flexibility index (Phi) is 6.92. The van der Waals surface area contributed by atoms with Crippen LogP contribution in [0.2, 0.25) is 0 Å². The van der Waals surface area contributed by atoms with E-state index >= 15 is 0 Å². The predicted octanol–water partition coefficient (Wildman–Crippen LogP) is 2.69. The highest BCUT2D eigenvalue weighted by molar-refractivity contribution is 5.70. The van der Waals surface area contributed by atoms with Crippen molar-refractivity contribution in [1.82, 2.24) is 0 Å². The van der Waals surface area contributed by atoms with E-state index in [1.165, 1.54) is 61.9 Å². The number of ether oxygens (including phenoxy) is 1. The molecule has 0 spiro atoms. The topological polar surface area (TPSA) is 49.4 Å². The summed E-state index contributed by atoms with van der Waals surface area (Å²) in [6.45, 7) is 8.58. The van der Waals surface area contributed by atoms with Crippen molar-refractivity contribution < 1.29 is 32.3 Å². The van der Waals surface area contributed by atoms with Crippen LogP contribution < -0.4 is 9.84 Å². The molecule has 0 saturated carbocycles. The van der Waals surface area contributed by atoms with Crippen LogP contribution in [0.4, 0.5) is 13.2 Å². The quantitative estimate of drug-likeness (QED) is 0.589. The summed E-state index contributed by atoms with van der Waals surface area (Å²) in [6.07, 6.45) is 0.412. The summed E-state index contributed by atoms with van der Waals surface area (Å²) in [6, 6.07) is 8.32. The molecule has 3 saturated heterocycles. The van der Waals surface area contributed by atoms with E-state index in [1.54, 1.807) is 0 Å². The van der Waals surface area contributed by atoms with Crippen LogP contribution in [-0.2, 0) is 4.79 Å². The molecule has 4 rings (SSSR count). The number of carbonyl (C=O) groups excluding carboxylic acids is 1. The normalized spacial score (nSPS) is 24.5. The van der Waals surface area contributed by atoms with Gasteiger partial charge in [0.1, 0.15) is 11.7 Å². The van der Waals surface area contributed by atoms with E-state index in [0.29, 0.717) is 0 Å². The number of carboxylic acid groups (broad SMARTS) is 1. The SMILES string of the molecule is Cc1ccccc1OCCC[N+]12CCC(CC1)CC2.O=C([O-])C(F)(F)F. The number of fused-ring (bicyclic) bond motifs is 3. The van der Waals surface area contributed by atoms with Crippen molar-refractivity contribution in [3.63, 3.8) is 0 Å². The fourth-order valence-electron chi connectivity index (χ4n) is 3.77. The van der Waals surface area contributed by atoms with Gasteiger partial charge in [0.05, 0.1) is 32.8 Å². The maximum atomic E-state index is 10.5. The van der Waals surface area contributed by atoms with Crippen LogP contribution in [0.25, 0.3) is 0 Å². The summed E-state index contributed by atoms with van der Waals surface area (Å²) in [5.74, 6) is -0.893. The molecular formula is C19H26F3NO3. The Bertz CT molecular complexity index is 582. The molecule has 2 bridgehead atoms. The lowest BCUT2D eigenvalue weighted by Crippen LogP contribution is -2.58. The van der Waals surface area contributed by atoms with E-state index in [9.17, 15) is 13.2 Å². The van der Waals surface area contributed by atoms with Gasteiger partial charge in [0.15, 0.2) is 0 Å². The molecule has 7 heteroatoms. The van der Waals surface area contributed by atoms with Gasteiger partial charge in [-0.2, -0.15) is 13.2 Å². The molecule has 0 N–H and O–H groups in total. The van der Waals surface area contributed by atoms with Crippen LogP contribution in [0.15, 0.2) is 24.3 Å². The van der Waals surface area contributed by atoms with Crippen LogP contribution in [-0.4, -0.2) is 49.4 Å². The lowest BCUT2D eigenvalue weighted by atomic mass is 9.85. The Morgan fingerprint density at radius 2 is 1.73 bits per heavy atom. The molecule has 3 aliphatic heterocycles. The number of hydrogen-bond donors (Lipinski definition) is 0. The zero-order valence-corrected chi connectivity index (χ0v) is 15.1. The summed E-state index contributed by atoms with van der Waals surface area (Å²) in [5, 5.41) is 8.78. The number of benzene rings is 1. The van der Waals surface area contributed by atoms with Gasteiger partial charge in [0.25, 0.3) is 0 Å². The Morgan fingerprint density at radius 3 is 2.23 bits per heavy atom. The van der Waals surface area contributed by atoms with Gasteiger partial charge >= 0.3 is 6.18 Å². The van der Waals surface area contributed by atoms with E-state index in [-0.39, 0.29) is 0 Å². The first-order valence-electron chi connectivity index (χ1n) is 9.04. The third-order valence-electron chi connectivity index (χ3n) is 5.39. The largest absolute Gasteiger partial charge is 0.542 e. The first kappa shape index (κ1) is 20.6. The number of alkyl halides is 3.